The fraction of sp³-hybridized carbons (Fsp3) is 0. The molecule has 0 N–H and O–H groups in total. The van der Waals surface area contributed by atoms with Gasteiger partial charge in [0.15, 0.2) is 10.9 Å². The Balaban J connectivity index is 2.55. The Kier molecular flexibility index (Phi) is 1.80. The van der Waals surface area contributed by atoms with Crippen LogP contribution in [-0.4, -0.2) is 9.97 Å². The lowest BCUT2D eigenvalue weighted by Gasteiger charge is -1.95. The van der Waals surface area contributed by atoms with E-state index in [4.69, 9.17) is 16.0 Å². The molecule has 0 aromatic carbocycles. The SMILES string of the molecule is Clc1nccnc1-c1ccco1. The van der Waals surface area contributed by atoms with Crippen molar-refractivity contribution in [1.82, 2.24) is 9.97 Å². The van der Waals surface area contributed by atoms with E-state index in [-0.39, 0.29) is 0 Å². The zero-order valence-electron chi connectivity index (χ0n) is 6.07. The number of aromatic nitrogens is 2. The van der Waals surface area contributed by atoms with Crippen molar-refractivity contribution in [2.45, 2.75) is 0 Å². The first-order valence-electron chi connectivity index (χ1n) is 3.38. The molecule has 2 rings (SSSR count). The number of hydrogen-bond donors (Lipinski definition) is 0. The monoisotopic (exact) mass is 180 g/mol. The zero-order chi connectivity index (χ0) is 8.39. The molecule has 3 nitrogen and oxygen atoms in total. The number of rotatable bonds is 1. The minimum Gasteiger partial charge on any atom is -0.463 e. The van der Waals surface area contributed by atoms with Gasteiger partial charge in [-0.2, -0.15) is 0 Å². The molecule has 60 valence electrons. The van der Waals surface area contributed by atoms with Gasteiger partial charge in [-0.05, 0) is 12.1 Å². The summed E-state index contributed by atoms with van der Waals surface area (Å²) < 4.78 is 5.11. The predicted molar refractivity (Wildman–Crippen MR) is 44.7 cm³/mol. The lowest BCUT2D eigenvalue weighted by molar-refractivity contribution is 0.579. The number of nitrogens with zero attached hydrogens (tertiary/aromatic N) is 2. The summed E-state index contributed by atoms with van der Waals surface area (Å²) in [6, 6.07) is 3.57. The van der Waals surface area contributed by atoms with Crippen LogP contribution in [0.2, 0.25) is 5.15 Å². The summed E-state index contributed by atoms with van der Waals surface area (Å²) in [6.07, 6.45) is 4.68. The molecular weight excluding hydrogens is 176 g/mol. The van der Waals surface area contributed by atoms with Crippen molar-refractivity contribution in [2.75, 3.05) is 0 Å². The summed E-state index contributed by atoms with van der Waals surface area (Å²) in [7, 11) is 0. The minimum atomic E-state index is 0.354. The van der Waals surface area contributed by atoms with Crippen molar-refractivity contribution in [1.29, 1.82) is 0 Å². The van der Waals surface area contributed by atoms with Crippen molar-refractivity contribution in [3.05, 3.63) is 35.9 Å². The van der Waals surface area contributed by atoms with Crippen LogP contribution >= 0.6 is 11.6 Å². The summed E-state index contributed by atoms with van der Waals surface area (Å²) in [5.74, 6) is 0.633. The van der Waals surface area contributed by atoms with Gasteiger partial charge in [0.05, 0.1) is 6.26 Å². The van der Waals surface area contributed by atoms with Crippen molar-refractivity contribution in [3.8, 4) is 11.5 Å². The van der Waals surface area contributed by atoms with E-state index in [1.165, 1.54) is 6.20 Å². The summed E-state index contributed by atoms with van der Waals surface area (Å²) in [6.45, 7) is 0. The van der Waals surface area contributed by atoms with Crippen molar-refractivity contribution >= 4 is 11.6 Å². The van der Waals surface area contributed by atoms with Gasteiger partial charge in [-0.25, -0.2) is 9.97 Å². The third kappa shape index (κ3) is 1.19. The average molecular weight is 181 g/mol. The minimum absolute atomic E-state index is 0.354. The number of furan rings is 1. The molecule has 0 aliphatic rings. The molecule has 0 atom stereocenters. The van der Waals surface area contributed by atoms with E-state index in [9.17, 15) is 0 Å². The lowest BCUT2D eigenvalue weighted by Crippen LogP contribution is -1.84. The highest BCUT2D eigenvalue weighted by Crippen LogP contribution is 2.22. The molecular formula is C8H5ClN2O. The van der Waals surface area contributed by atoms with Crippen LogP contribution in [0, 0.1) is 0 Å². The first-order chi connectivity index (χ1) is 5.88. The molecule has 0 fully saturated rings. The fourth-order valence-electron chi connectivity index (χ4n) is 0.900. The highest BCUT2D eigenvalue weighted by atomic mass is 35.5. The number of halogens is 1. The van der Waals surface area contributed by atoms with Gasteiger partial charge in [0.1, 0.15) is 5.69 Å². The molecule has 0 aliphatic heterocycles. The maximum atomic E-state index is 5.78. The lowest BCUT2D eigenvalue weighted by atomic mass is 10.3. The maximum Gasteiger partial charge on any atom is 0.158 e. The molecule has 12 heavy (non-hydrogen) atoms. The second-order valence-electron chi connectivity index (χ2n) is 2.17. The summed E-state index contributed by atoms with van der Waals surface area (Å²) in [4.78, 5) is 7.91. The van der Waals surface area contributed by atoms with Crippen molar-refractivity contribution in [3.63, 3.8) is 0 Å². The van der Waals surface area contributed by atoms with Crippen LogP contribution in [-0.2, 0) is 0 Å². The van der Waals surface area contributed by atoms with E-state index >= 15 is 0 Å². The Bertz CT molecular complexity index is 372. The number of hydrogen-bond acceptors (Lipinski definition) is 3. The van der Waals surface area contributed by atoms with Gasteiger partial charge in [0, 0.05) is 12.4 Å². The van der Waals surface area contributed by atoms with E-state index in [0.717, 1.165) is 0 Å². The largest absolute Gasteiger partial charge is 0.463 e. The first-order valence-corrected chi connectivity index (χ1v) is 3.76. The van der Waals surface area contributed by atoms with Gasteiger partial charge in [0.25, 0.3) is 0 Å². The quantitative estimate of drug-likeness (QED) is 0.677. The molecule has 0 aliphatic carbocycles. The Labute approximate surface area is 74.0 Å². The maximum absolute atomic E-state index is 5.78. The van der Waals surface area contributed by atoms with E-state index in [1.54, 1.807) is 24.6 Å². The Morgan fingerprint density at radius 2 is 2.08 bits per heavy atom. The van der Waals surface area contributed by atoms with Crippen LogP contribution in [0.5, 0.6) is 0 Å². The predicted octanol–water partition coefficient (Wildman–Crippen LogP) is 2.39. The van der Waals surface area contributed by atoms with Crippen molar-refractivity contribution < 1.29 is 4.42 Å². The van der Waals surface area contributed by atoms with E-state index in [1.807, 2.05) is 0 Å². The molecule has 2 aromatic rings. The van der Waals surface area contributed by atoms with Crippen LogP contribution in [0.15, 0.2) is 35.2 Å². The molecule has 0 saturated heterocycles. The highest BCUT2D eigenvalue weighted by molar-refractivity contribution is 6.31. The average Bonchev–Trinajstić information content (AvgIpc) is 2.57. The van der Waals surface area contributed by atoms with Gasteiger partial charge >= 0.3 is 0 Å². The van der Waals surface area contributed by atoms with Gasteiger partial charge < -0.3 is 4.42 Å². The molecule has 0 amide bonds. The van der Waals surface area contributed by atoms with Gasteiger partial charge in [-0.1, -0.05) is 11.6 Å². The molecule has 4 heteroatoms. The molecule has 2 heterocycles. The van der Waals surface area contributed by atoms with Gasteiger partial charge in [-0.3, -0.25) is 0 Å². The second kappa shape index (κ2) is 2.95. The van der Waals surface area contributed by atoms with Crippen LogP contribution in [0.1, 0.15) is 0 Å². The van der Waals surface area contributed by atoms with E-state index < -0.39 is 0 Å². The second-order valence-corrected chi connectivity index (χ2v) is 2.53. The van der Waals surface area contributed by atoms with E-state index in [0.29, 0.717) is 16.6 Å². The topological polar surface area (TPSA) is 38.9 Å². The molecule has 2 aromatic heterocycles. The molecule has 0 bridgehead atoms. The molecule has 0 unspecified atom stereocenters. The third-order valence-electron chi connectivity index (χ3n) is 1.41. The molecule has 0 spiro atoms. The molecule has 0 radical (unpaired) electrons. The zero-order valence-corrected chi connectivity index (χ0v) is 6.82. The summed E-state index contributed by atoms with van der Waals surface area (Å²) in [5.41, 5.74) is 0.573. The first kappa shape index (κ1) is 7.31. The Morgan fingerprint density at radius 3 is 2.75 bits per heavy atom. The smallest absolute Gasteiger partial charge is 0.158 e. The Morgan fingerprint density at radius 1 is 1.25 bits per heavy atom. The van der Waals surface area contributed by atoms with Gasteiger partial charge in [-0.15, -0.1) is 0 Å². The normalized spacial score (nSPS) is 10.1. The van der Waals surface area contributed by atoms with Crippen LogP contribution in [0.25, 0.3) is 11.5 Å². The van der Waals surface area contributed by atoms with E-state index in [2.05, 4.69) is 9.97 Å². The summed E-state index contributed by atoms with van der Waals surface area (Å²) >= 11 is 5.78. The fourth-order valence-corrected chi connectivity index (χ4v) is 1.10. The van der Waals surface area contributed by atoms with Gasteiger partial charge in [0.2, 0.25) is 0 Å². The van der Waals surface area contributed by atoms with Crippen LogP contribution in [0.3, 0.4) is 0 Å². The third-order valence-corrected chi connectivity index (χ3v) is 1.68. The molecule has 0 saturated carbocycles. The van der Waals surface area contributed by atoms with Crippen LogP contribution < -0.4 is 0 Å². The summed E-state index contributed by atoms with van der Waals surface area (Å²) in [5, 5.41) is 0.354. The van der Waals surface area contributed by atoms with Crippen molar-refractivity contribution in [2.24, 2.45) is 0 Å². The highest BCUT2D eigenvalue weighted by Gasteiger charge is 2.06. The van der Waals surface area contributed by atoms with Crippen LogP contribution in [0.4, 0.5) is 0 Å². The standard InChI is InChI=1S/C8H5ClN2O/c9-8-7(10-3-4-11-8)6-2-1-5-12-6/h1-5H. The Hall–Kier alpha value is -1.35.